The summed E-state index contributed by atoms with van der Waals surface area (Å²) in [4.78, 5) is 5.95. The van der Waals surface area contributed by atoms with Crippen molar-refractivity contribution in [1.29, 1.82) is 0 Å². The van der Waals surface area contributed by atoms with Gasteiger partial charge in [0.2, 0.25) is 0 Å². The molecule has 1 fully saturated rings. The molecular weight excluding hydrogens is 228 g/mol. The highest BCUT2D eigenvalue weighted by atomic mass is 32.1. The molecule has 1 aromatic heterocycles. The van der Waals surface area contributed by atoms with Crippen LogP contribution in [0, 0.1) is 13.8 Å². The van der Waals surface area contributed by atoms with Crippen LogP contribution >= 0.6 is 11.3 Å². The van der Waals surface area contributed by atoms with Crippen LogP contribution in [0.25, 0.3) is 0 Å². The lowest BCUT2D eigenvalue weighted by Gasteiger charge is -2.21. The Morgan fingerprint density at radius 3 is 2.35 bits per heavy atom. The normalized spacial score (nSPS) is 20.2. The van der Waals surface area contributed by atoms with Crippen molar-refractivity contribution in [3.63, 3.8) is 0 Å². The number of hydrogen-bond acceptors (Lipinski definition) is 3. The average molecular weight is 252 g/mol. The first-order chi connectivity index (χ1) is 8.16. The van der Waals surface area contributed by atoms with Gasteiger partial charge in [0, 0.05) is 17.0 Å². The van der Waals surface area contributed by atoms with Gasteiger partial charge >= 0.3 is 0 Å². The standard InChI is InChI=1S/C14H24N2S/c1-10-14(17-12(3)15-10)11(2)16-13-8-6-4-5-7-9-13/h11,13,16H,4-9H2,1-3H3. The number of aryl methyl sites for hydroxylation is 2. The first-order valence-corrected chi connectivity index (χ1v) is 7.68. The van der Waals surface area contributed by atoms with Gasteiger partial charge in [0.15, 0.2) is 0 Å². The molecule has 2 rings (SSSR count). The Balaban J connectivity index is 1.95. The van der Waals surface area contributed by atoms with Crippen LogP contribution in [0.5, 0.6) is 0 Å². The lowest BCUT2D eigenvalue weighted by atomic mass is 10.1. The number of aromatic nitrogens is 1. The van der Waals surface area contributed by atoms with Crippen LogP contribution in [-0.4, -0.2) is 11.0 Å². The summed E-state index contributed by atoms with van der Waals surface area (Å²) in [6.07, 6.45) is 8.33. The van der Waals surface area contributed by atoms with Gasteiger partial charge in [-0.1, -0.05) is 25.7 Å². The molecule has 17 heavy (non-hydrogen) atoms. The summed E-state index contributed by atoms with van der Waals surface area (Å²) < 4.78 is 0. The Morgan fingerprint density at radius 2 is 1.82 bits per heavy atom. The molecular formula is C14H24N2S. The molecule has 0 aromatic carbocycles. The van der Waals surface area contributed by atoms with E-state index in [9.17, 15) is 0 Å². The number of nitrogens with one attached hydrogen (secondary N) is 1. The van der Waals surface area contributed by atoms with E-state index in [1.165, 1.54) is 54.1 Å². The molecule has 0 radical (unpaired) electrons. The minimum Gasteiger partial charge on any atom is -0.307 e. The van der Waals surface area contributed by atoms with Crippen LogP contribution in [0.1, 0.15) is 67.1 Å². The molecule has 1 atom stereocenters. The van der Waals surface area contributed by atoms with E-state index in [1.807, 2.05) is 11.3 Å². The van der Waals surface area contributed by atoms with Crippen molar-refractivity contribution in [1.82, 2.24) is 10.3 Å². The van der Waals surface area contributed by atoms with Crippen LogP contribution in [0.2, 0.25) is 0 Å². The number of rotatable bonds is 3. The van der Waals surface area contributed by atoms with Gasteiger partial charge in [-0.2, -0.15) is 0 Å². The minimum absolute atomic E-state index is 0.462. The molecule has 0 spiro atoms. The maximum absolute atomic E-state index is 4.52. The predicted molar refractivity (Wildman–Crippen MR) is 74.6 cm³/mol. The summed E-state index contributed by atoms with van der Waals surface area (Å²) in [5, 5.41) is 4.99. The van der Waals surface area contributed by atoms with Crippen molar-refractivity contribution in [2.75, 3.05) is 0 Å². The molecule has 0 bridgehead atoms. The van der Waals surface area contributed by atoms with Gasteiger partial charge in [-0.15, -0.1) is 11.3 Å². The Hall–Kier alpha value is -0.410. The fraction of sp³-hybridized carbons (Fsp3) is 0.786. The van der Waals surface area contributed by atoms with Crippen LogP contribution in [-0.2, 0) is 0 Å². The lowest BCUT2D eigenvalue weighted by Crippen LogP contribution is -2.30. The smallest absolute Gasteiger partial charge is 0.0900 e. The fourth-order valence-electron chi connectivity index (χ4n) is 2.82. The van der Waals surface area contributed by atoms with Crippen molar-refractivity contribution in [3.05, 3.63) is 15.6 Å². The molecule has 1 saturated carbocycles. The van der Waals surface area contributed by atoms with E-state index in [0.29, 0.717) is 12.1 Å². The van der Waals surface area contributed by atoms with Gasteiger partial charge in [0.1, 0.15) is 0 Å². The maximum atomic E-state index is 4.52. The monoisotopic (exact) mass is 252 g/mol. The van der Waals surface area contributed by atoms with Crippen LogP contribution in [0.4, 0.5) is 0 Å². The Bertz CT molecular complexity index is 351. The summed E-state index contributed by atoms with van der Waals surface area (Å²) in [6, 6.07) is 1.18. The quantitative estimate of drug-likeness (QED) is 0.818. The summed E-state index contributed by atoms with van der Waals surface area (Å²) in [5.41, 5.74) is 1.21. The minimum atomic E-state index is 0.462. The molecule has 0 aliphatic heterocycles. The zero-order valence-electron chi connectivity index (χ0n) is 11.3. The van der Waals surface area contributed by atoms with E-state index in [-0.39, 0.29) is 0 Å². The molecule has 1 aliphatic carbocycles. The molecule has 1 N–H and O–H groups in total. The summed E-state index contributed by atoms with van der Waals surface area (Å²) in [7, 11) is 0. The SMILES string of the molecule is Cc1nc(C)c(C(C)NC2CCCCCC2)s1. The van der Waals surface area contributed by atoms with Gasteiger partial charge in [-0.05, 0) is 33.6 Å². The van der Waals surface area contributed by atoms with Gasteiger partial charge in [-0.25, -0.2) is 4.98 Å². The van der Waals surface area contributed by atoms with Gasteiger partial charge < -0.3 is 5.32 Å². The fourth-order valence-corrected chi connectivity index (χ4v) is 3.76. The first-order valence-electron chi connectivity index (χ1n) is 6.87. The molecule has 0 amide bonds. The van der Waals surface area contributed by atoms with Crippen molar-refractivity contribution < 1.29 is 0 Å². The molecule has 1 unspecified atom stereocenters. The third kappa shape index (κ3) is 3.52. The second-order valence-corrected chi connectivity index (χ2v) is 6.49. The summed E-state index contributed by atoms with van der Waals surface area (Å²) in [5.74, 6) is 0. The third-order valence-corrected chi connectivity index (χ3v) is 4.93. The summed E-state index contributed by atoms with van der Waals surface area (Å²) in [6.45, 7) is 6.51. The van der Waals surface area contributed by atoms with Crippen LogP contribution < -0.4 is 5.32 Å². The van der Waals surface area contributed by atoms with Crippen molar-refractivity contribution in [2.45, 2.75) is 71.4 Å². The van der Waals surface area contributed by atoms with E-state index in [4.69, 9.17) is 0 Å². The molecule has 1 aliphatic rings. The van der Waals surface area contributed by atoms with Gasteiger partial charge in [0.25, 0.3) is 0 Å². The highest BCUT2D eigenvalue weighted by molar-refractivity contribution is 7.11. The number of nitrogens with zero attached hydrogens (tertiary/aromatic N) is 1. The highest BCUT2D eigenvalue weighted by Crippen LogP contribution is 2.26. The zero-order valence-corrected chi connectivity index (χ0v) is 12.1. The summed E-state index contributed by atoms with van der Waals surface area (Å²) >= 11 is 1.84. The van der Waals surface area contributed by atoms with E-state index in [1.54, 1.807) is 0 Å². The zero-order chi connectivity index (χ0) is 12.3. The van der Waals surface area contributed by atoms with E-state index in [0.717, 1.165) is 0 Å². The molecule has 96 valence electrons. The maximum Gasteiger partial charge on any atom is 0.0900 e. The Morgan fingerprint density at radius 1 is 1.18 bits per heavy atom. The van der Waals surface area contributed by atoms with E-state index in [2.05, 4.69) is 31.1 Å². The van der Waals surface area contributed by atoms with Crippen LogP contribution in [0.15, 0.2) is 0 Å². The van der Waals surface area contributed by atoms with E-state index >= 15 is 0 Å². The first kappa shape index (κ1) is 13.0. The number of thiazole rings is 1. The van der Waals surface area contributed by atoms with Crippen molar-refractivity contribution in [2.24, 2.45) is 0 Å². The van der Waals surface area contributed by atoms with Crippen molar-refractivity contribution in [3.8, 4) is 0 Å². The largest absolute Gasteiger partial charge is 0.307 e. The second kappa shape index (κ2) is 5.96. The predicted octanol–water partition coefficient (Wildman–Crippen LogP) is 4.13. The average Bonchev–Trinajstić information content (AvgIpc) is 2.51. The highest BCUT2D eigenvalue weighted by Gasteiger charge is 2.18. The van der Waals surface area contributed by atoms with Gasteiger partial charge in [-0.3, -0.25) is 0 Å². The Kier molecular flexibility index (Phi) is 4.57. The molecule has 1 aromatic rings. The third-order valence-electron chi connectivity index (χ3n) is 3.67. The van der Waals surface area contributed by atoms with E-state index < -0.39 is 0 Å². The lowest BCUT2D eigenvalue weighted by molar-refractivity contribution is 0.416. The van der Waals surface area contributed by atoms with Crippen LogP contribution in [0.3, 0.4) is 0 Å². The topological polar surface area (TPSA) is 24.9 Å². The Labute approximate surface area is 109 Å². The molecule has 2 nitrogen and oxygen atoms in total. The van der Waals surface area contributed by atoms with Crippen molar-refractivity contribution >= 4 is 11.3 Å². The molecule has 1 heterocycles. The molecule has 0 saturated heterocycles. The molecule has 3 heteroatoms. The second-order valence-electron chi connectivity index (χ2n) is 5.26. The van der Waals surface area contributed by atoms with Gasteiger partial charge in [0.05, 0.1) is 10.7 Å². The number of hydrogen-bond donors (Lipinski definition) is 1.